The van der Waals surface area contributed by atoms with Crippen LogP contribution < -0.4 is 0 Å². The van der Waals surface area contributed by atoms with Crippen molar-refractivity contribution in [3.05, 3.63) is 22.3 Å². The standard InChI is InChI=1S/C17H28N2O5S2/c1-4-25-16-15(17(20)21)13(2)12-14(18-7-9-24-10-8-18)19(16)6-5-11-26(3,22)23/h12,14H,4-11H2,1-3H3,(H,20,21). The highest BCUT2D eigenvalue weighted by Crippen LogP contribution is 2.35. The van der Waals surface area contributed by atoms with Crippen molar-refractivity contribution in [1.29, 1.82) is 0 Å². The third-order valence-electron chi connectivity index (χ3n) is 4.42. The Bertz CT molecular complexity index is 681. The Kier molecular flexibility index (Phi) is 7.57. The van der Waals surface area contributed by atoms with Gasteiger partial charge < -0.3 is 14.7 Å². The van der Waals surface area contributed by atoms with Crippen molar-refractivity contribution in [2.24, 2.45) is 0 Å². The topological polar surface area (TPSA) is 87.2 Å². The fraction of sp³-hybridized carbons (Fsp3) is 0.706. The Labute approximate surface area is 160 Å². The predicted octanol–water partition coefficient (Wildman–Crippen LogP) is 1.39. The van der Waals surface area contributed by atoms with Crippen LogP contribution in [0.5, 0.6) is 0 Å². The first-order valence-electron chi connectivity index (χ1n) is 8.80. The van der Waals surface area contributed by atoms with Crippen molar-refractivity contribution >= 4 is 27.6 Å². The van der Waals surface area contributed by atoms with Gasteiger partial charge in [0.1, 0.15) is 16.0 Å². The summed E-state index contributed by atoms with van der Waals surface area (Å²) in [4.78, 5) is 16.2. The molecule has 0 radical (unpaired) electrons. The second-order valence-electron chi connectivity index (χ2n) is 6.51. The minimum atomic E-state index is -3.05. The van der Waals surface area contributed by atoms with Crippen molar-refractivity contribution in [1.82, 2.24) is 9.80 Å². The maximum absolute atomic E-state index is 11.8. The molecule has 0 saturated carbocycles. The minimum Gasteiger partial charge on any atom is -0.478 e. The number of ether oxygens (including phenoxy) is 1. The van der Waals surface area contributed by atoms with Crippen LogP contribution in [0.2, 0.25) is 0 Å². The molecule has 7 nitrogen and oxygen atoms in total. The second kappa shape index (κ2) is 9.25. The quantitative estimate of drug-likeness (QED) is 0.649. The molecule has 2 aliphatic rings. The molecule has 2 heterocycles. The molecule has 0 amide bonds. The molecule has 26 heavy (non-hydrogen) atoms. The smallest absolute Gasteiger partial charge is 0.338 e. The van der Waals surface area contributed by atoms with E-state index in [0.717, 1.165) is 29.4 Å². The van der Waals surface area contributed by atoms with E-state index < -0.39 is 15.8 Å². The maximum atomic E-state index is 11.8. The number of sulfone groups is 1. The van der Waals surface area contributed by atoms with E-state index in [-0.39, 0.29) is 11.9 Å². The van der Waals surface area contributed by atoms with E-state index in [4.69, 9.17) is 4.74 Å². The molecule has 1 saturated heterocycles. The van der Waals surface area contributed by atoms with Crippen LogP contribution in [0.1, 0.15) is 20.3 Å². The third kappa shape index (κ3) is 5.48. The van der Waals surface area contributed by atoms with E-state index in [1.54, 1.807) is 0 Å². The van der Waals surface area contributed by atoms with Crippen molar-refractivity contribution in [2.45, 2.75) is 26.4 Å². The molecule has 1 fully saturated rings. The lowest BCUT2D eigenvalue weighted by Gasteiger charge is -2.44. The molecule has 2 rings (SSSR count). The summed E-state index contributed by atoms with van der Waals surface area (Å²) in [6, 6.07) is 0. The molecule has 0 aromatic carbocycles. The summed E-state index contributed by atoms with van der Waals surface area (Å²) in [7, 11) is -3.05. The van der Waals surface area contributed by atoms with Crippen LogP contribution in [0.25, 0.3) is 0 Å². The first kappa shape index (κ1) is 21.3. The number of nitrogens with zero attached hydrogens (tertiary/aromatic N) is 2. The molecule has 0 aromatic rings. The van der Waals surface area contributed by atoms with Gasteiger partial charge in [0.15, 0.2) is 0 Å². The summed E-state index contributed by atoms with van der Waals surface area (Å²) in [5.74, 6) is -0.102. The van der Waals surface area contributed by atoms with Gasteiger partial charge in [-0.3, -0.25) is 4.90 Å². The van der Waals surface area contributed by atoms with Gasteiger partial charge in [-0.25, -0.2) is 13.2 Å². The molecule has 0 bridgehead atoms. The van der Waals surface area contributed by atoms with Gasteiger partial charge in [0.25, 0.3) is 0 Å². The molecule has 0 aliphatic carbocycles. The molecule has 0 aromatic heterocycles. The zero-order valence-electron chi connectivity index (χ0n) is 15.6. The van der Waals surface area contributed by atoms with Gasteiger partial charge in [-0.15, -0.1) is 11.8 Å². The van der Waals surface area contributed by atoms with Crippen molar-refractivity contribution in [2.75, 3.05) is 50.6 Å². The van der Waals surface area contributed by atoms with Crippen molar-refractivity contribution in [3.8, 4) is 0 Å². The van der Waals surface area contributed by atoms with Gasteiger partial charge in [0, 0.05) is 25.9 Å². The fourth-order valence-electron chi connectivity index (χ4n) is 3.26. The SMILES string of the molecule is CCSC1=C(C(=O)O)C(C)=CC(N2CCOCC2)N1CCCS(C)(=O)=O. The van der Waals surface area contributed by atoms with Crippen LogP contribution in [-0.4, -0.2) is 86.1 Å². The molecule has 0 spiro atoms. The highest BCUT2D eigenvalue weighted by atomic mass is 32.2. The molecule has 2 aliphatic heterocycles. The molecule has 1 N–H and O–H groups in total. The molecular weight excluding hydrogens is 376 g/mol. The summed E-state index contributed by atoms with van der Waals surface area (Å²) >= 11 is 1.50. The number of carboxylic acids is 1. The average Bonchev–Trinajstić information content (AvgIpc) is 2.56. The van der Waals surface area contributed by atoms with E-state index in [1.165, 1.54) is 18.0 Å². The Morgan fingerprint density at radius 2 is 2.04 bits per heavy atom. The lowest BCUT2D eigenvalue weighted by molar-refractivity contribution is -0.132. The molecule has 1 atom stereocenters. The third-order valence-corrected chi connectivity index (χ3v) is 6.45. The Hall–Kier alpha value is -1.03. The number of hydrogen-bond donors (Lipinski definition) is 1. The van der Waals surface area contributed by atoms with E-state index in [9.17, 15) is 18.3 Å². The zero-order valence-corrected chi connectivity index (χ0v) is 17.2. The lowest BCUT2D eigenvalue weighted by atomic mass is 10.0. The van der Waals surface area contributed by atoms with Gasteiger partial charge >= 0.3 is 5.97 Å². The number of thioether (sulfide) groups is 1. The highest BCUT2D eigenvalue weighted by Gasteiger charge is 2.34. The van der Waals surface area contributed by atoms with Crippen LogP contribution in [0.15, 0.2) is 22.3 Å². The van der Waals surface area contributed by atoms with Gasteiger partial charge in [-0.2, -0.15) is 0 Å². The minimum absolute atomic E-state index is 0.0735. The number of morpholine rings is 1. The Balaban J connectivity index is 2.34. The molecule has 148 valence electrons. The number of carbonyl (C=O) groups is 1. The molecular formula is C17H28N2O5S2. The van der Waals surface area contributed by atoms with E-state index in [0.29, 0.717) is 31.8 Å². The number of aliphatic carboxylic acids is 1. The largest absolute Gasteiger partial charge is 0.478 e. The summed E-state index contributed by atoms with van der Waals surface area (Å²) < 4.78 is 28.5. The van der Waals surface area contributed by atoms with E-state index in [2.05, 4.69) is 9.80 Å². The summed E-state index contributed by atoms with van der Waals surface area (Å²) in [6.07, 6.45) is 3.60. The van der Waals surface area contributed by atoms with Crippen LogP contribution in [0, 0.1) is 0 Å². The van der Waals surface area contributed by atoms with Crippen molar-refractivity contribution < 1.29 is 23.1 Å². The first-order chi connectivity index (χ1) is 12.2. The summed E-state index contributed by atoms with van der Waals surface area (Å²) in [5.41, 5.74) is 1.07. The van der Waals surface area contributed by atoms with Gasteiger partial charge in [-0.1, -0.05) is 6.92 Å². The second-order valence-corrected chi connectivity index (χ2v) is 10.0. The van der Waals surface area contributed by atoms with Crippen LogP contribution in [0.4, 0.5) is 0 Å². The number of carboxylic acid groups (broad SMARTS) is 1. The van der Waals surface area contributed by atoms with Gasteiger partial charge in [0.05, 0.1) is 29.6 Å². The lowest BCUT2D eigenvalue weighted by Crippen LogP contribution is -2.53. The Morgan fingerprint density at radius 3 is 2.58 bits per heavy atom. The van der Waals surface area contributed by atoms with Crippen LogP contribution >= 0.6 is 11.8 Å². The normalized spacial score (nSPS) is 22.5. The molecule has 1 unspecified atom stereocenters. The first-order valence-corrected chi connectivity index (χ1v) is 11.8. The highest BCUT2D eigenvalue weighted by molar-refractivity contribution is 8.03. The summed E-state index contributed by atoms with van der Waals surface area (Å²) in [5, 5.41) is 10.4. The van der Waals surface area contributed by atoms with Crippen LogP contribution in [-0.2, 0) is 19.4 Å². The van der Waals surface area contributed by atoms with Gasteiger partial charge in [0.2, 0.25) is 0 Å². The number of hydrogen-bond acceptors (Lipinski definition) is 7. The van der Waals surface area contributed by atoms with Crippen molar-refractivity contribution in [3.63, 3.8) is 0 Å². The average molecular weight is 405 g/mol. The maximum Gasteiger partial charge on any atom is 0.338 e. The zero-order chi connectivity index (χ0) is 19.3. The fourth-order valence-corrected chi connectivity index (χ4v) is 4.94. The van der Waals surface area contributed by atoms with Gasteiger partial charge in [-0.05, 0) is 30.7 Å². The molecule has 9 heteroatoms. The van der Waals surface area contributed by atoms with Crippen LogP contribution in [0.3, 0.4) is 0 Å². The van der Waals surface area contributed by atoms with E-state index >= 15 is 0 Å². The predicted molar refractivity (Wildman–Crippen MR) is 104 cm³/mol. The Morgan fingerprint density at radius 1 is 1.38 bits per heavy atom. The van der Waals surface area contributed by atoms with E-state index in [1.807, 2.05) is 19.9 Å². The summed E-state index contributed by atoms with van der Waals surface area (Å²) in [6.45, 7) is 7.15. The number of rotatable bonds is 8. The monoisotopic (exact) mass is 404 g/mol.